The van der Waals surface area contributed by atoms with E-state index in [1.165, 1.54) is 37.7 Å². The molecule has 138 valence electrons. The summed E-state index contributed by atoms with van der Waals surface area (Å²) in [5.74, 6) is 2.02. The van der Waals surface area contributed by atoms with E-state index in [1.54, 1.807) is 7.11 Å². The Morgan fingerprint density at radius 1 is 1.20 bits per heavy atom. The summed E-state index contributed by atoms with van der Waals surface area (Å²) in [6.07, 6.45) is 9.53. The van der Waals surface area contributed by atoms with Crippen molar-refractivity contribution in [3.63, 3.8) is 0 Å². The van der Waals surface area contributed by atoms with Gasteiger partial charge in [-0.05, 0) is 55.8 Å². The van der Waals surface area contributed by atoms with Crippen molar-refractivity contribution in [2.45, 2.75) is 64.0 Å². The van der Waals surface area contributed by atoms with Crippen molar-refractivity contribution in [3.8, 4) is 5.75 Å². The van der Waals surface area contributed by atoms with Crippen LogP contribution in [0.4, 0.5) is 0 Å². The number of hydrogen-bond donors (Lipinski definition) is 1. The molecule has 4 nitrogen and oxygen atoms in total. The van der Waals surface area contributed by atoms with Crippen LogP contribution >= 0.6 is 0 Å². The van der Waals surface area contributed by atoms with E-state index in [0.717, 1.165) is 50.6 Å². The van der Waals surface area contributed by atoms with Crippen LogP contribution in [0.1, 0.15) is 56.9 Å². The number of nitrogens with one attached hydrogen (secondary N) is 1. The first-order valence-electron chi connectivity index (χ1n) is 9.89. The average molecular weight is 344 g/mol. The van der Waals surface area contributed by atoms with E-state index in [0.29, 0.717) is 11.9 Å². The Kier molecular flexibility index (Phi) is 6.74. The lowest BCUT2D eigenvalue weighted by Crippen LogP contribution is -2.39. The standard InChI is InChI=1S/C21H32N2O2/c1-25-20-9-5-8-18(14-20)15-22-13-12-19-10-11-21(24)23(19)16-17-6-3-2-4-7-17/h5,8-9,14,17,19,22H,2-4,6-7,10-13,15-16H2,1H3/t19-/m0/s1. The maximum Gasteiger partial charge on any atom is 0.222 e. The largest absolute Gasteiger partial charge is 0.497 e. The molecule has 1 aliphatic heterocycles. The molecule has 0 unspecified atom stereocenters. The Labute approximate surface area is 151 Å². The van der Waals surface area contributed by atoms with E-state index in [2.05, 4.69) is 22.3 Å². The van der Waals surface area contributed by atoms with Crippen molar-refractivity contribution in [1.29, 1.82) is 0 Å². The first kappa shape index (κ1) is 18.2. The summed E-state index contributed by atoms with van der Waals surface area (Å²) >= 11 is 0. The van der Waals surface area contributed by atoms with Gasteiger partial charge < -0.3 is 15.0 Å². The highest BCUT2D eigenvalue weighted by Gasteiger charge is 2.32. The Morgan fingerprint density at radius 3 is 2.84 bits per heavy atom. The van der Waals surface area contributed by atoms with Crippen LogP contribution < -0.4 is 10.1 Å². The molecule has 1 aromatic rings. The monoisotopic (exact) mass is 344 g/mol. The van der Waals surface area contributed by atoms with Crippen LogP contribution in [0, 0.1) is 5.92 Å². The Balaban J connectivity index is 1.42. The maximum atomic E-state index is 12.3. The Hall–Kier alpha value is -1.55. The van der Waals surface area contributed by atoms with Crippen molar-refractivity contribution in [2.24, 2.45) is 5.92 Å². The van der Waals surface area contributed by atoms with Gasteiger partial charge in [0, 0.05) is 25.6 Å². The van der Waals surface area contributed by atoms with Gasteiger partial charge in [-0.15, -0.1) is 0 Å². The smallest absolute Gasteiger partial charge is 0.222 e. The van der Waals surface area contributed by atoms with Crippen molar-refractivity contribution in [2.75, 3.05) is 20.2 Å². The van der Waals surface area contributed by atoms with Gasteiger partial charge in [-0.1, -0.05) is 31.4 Å². The third kappa shape index (κ3) is 5.21. The number of amides is 1. The summed E-state index contributed by atoms with van der Waals surface area (Å²) < 4.78 is 5.27. The number of methoxy groups -OCH3 is 1. The molecule has 0 radical (unpaired) electrons. The van der Waals surface area contributed by atoms with Crippen molar-refractivity contribution in [1.82, 2.24) is 10.2 Å². The topological polar surface area (TPSA) is 41.6 Å². The second-order valence-corrected chi connectivity index (χ2v) is 7.56. The zero-order valence-corrected chi connectivity index (χ0v) is 15.5. The highest BCUT2D eigenvalue weighted by Crippen LogP contribution is 2.29. The van der Waals surface area contributed by atoms with Gasteiger partial charge in [-0.25, -0.2) is 0 Å². The molecule has 1 saturated heterocycles. The first-order chi connectivity index (χ1) is 12.3. The Bertz CT molecular complexity index is 555. The molecule has 2 fully saturated rings. The molecule has 4 heteroatoms. The molecule has 1 aromatic carbocycles. The third-order valence-electron chi connectivity index (χ3n) is 5.75. The van der Waals surface area contributed by atoms with Crippen LogP contribution in [0.15, 0.2) is 24.3 Å². The third-order valence-corrected chi connectivity index (χ3v) is 5.75. The summed E-state index contributed by atoms with van der Waals surface area (Å²) in [5, 5.41) is 3.53. The number of likely N-dealkylation sites (tertiary alicyclic amines) is 1. The highest BCUT2D eigenvalue weighted by molar-refractivity contribution is 5.78. The van der Waals surface area contributed by atoms with E-state index >= 15 is 0 Å². The van der Waals surface area contributed by atoms with E-state index in [4.69, 9.17) is 4.74 Å². The van der Waals surface area contributed by atoms with Crippen LogP contribution in [0.3, 0.4) is 0 Å². The zero-order chi connectivity index (χ0) is 17.5. The number of carbonyl (C=O) groups excluding carboxylic acids is 1. The fraction of sp³-hybridized carbons (Fsp3) is 0.667. The van der Waals surface area contributed by atoms with Crippen LogP contribution in [-0.4, -0.2) is 37.0 Å². The van der Waals surface area contributed by atoms with Gasteiger partial charge in [-0.2, -0.15) is 0 Å². The van der Waals surface area contributed by atoms with E-state index < -0.39 is 0 Å². The van der Waals surface area contributed by atoms with Gasteiger partial charge in [0.15, 0.2) is 0 Å². The van der Waals surface area contributed by atoms with Crippen LogP contribution in [-0.2, 0) is 11.3 Å². The molecule has 0 bridgehead atoms. The van der Waals surface area contributed by atoms with Crippen LogP contribution in [0.2, 0.25) is 0 Å². The lowest BCUT2D eigenvalue weighted by atomic mass is 9.88. The molecule has 1 heterocycles. The normalized spacial score (nSPS) is 21.7. The predicted molar refractivity (Wildman–Crippen MR) is 101 cm³/mol. The number of rotatable bonds is 8. The minimum absolute atomic E-state index is 0.378. The zero-order valence-electron chi connectivity index (χ0n) is 15.5. The van der Waals surface area contributed by atoms with Crippen LogP contribution in [0.25, 0.3) is 0 Å². The Morgan fingerprint density at radius 2 is 2.04 bits per heavy atom. The molecule has 25 heavy (non-hydrogen) atoms. The average Bonchev–Trinajstić information content (AvgIpc) is 3.00. The second kappa shape index (κ2) is 9.23. The molecule has 0 aromatic heterocycles. The fourth-order valence-corrected chi connectivity index (χ4v) is 4.28. The summed E-state index contributed by atoms with van der Waals surface area (Å²) in [4.78, 5) is 14.5. The fourth-order valence-electron chi connectivity index (χ4n) is 4.28. The minimum atomic E-state index is 0.378. The number of nitrogens with zero attached hydrogens (tertiary/aromatic N) is 1. The van der Waals surface area contributed by atoms with Gasteiger partial charge in [-0.3, -0.25) is 4.79 Å². The molecular formula is C21H32N2O2. The molecule has 0 spiro atoms. The van der Waals surface area contributed by atoms with E-state index in [1.807, 2.05) is 12.1 Å². The summed E-state index contributed by atoms with van der Waals surface area (Å²) in [6, 6.07) is 8.62. The molecule has 1 saturated carbocycles. The summed E-state index contributed by atoms with van der Waals surface area (Å²) in [6.45, 7) is 2.80. The highest BCUT2D eigenvalue weighted by atomic mass is 16.5. The molecule has 1 amide bonds. The van der Waals surface area contributed by atoms with Gasteiger partial charge in [0.2, 0.25) is 5.91 Å². The number of carbonyl (C=O) groups is 1. The van der Waals surface area contributed by atoms with Gasteiger partial charge >= 0.3 is 0 Å². The molecule has 2 aliphatic rings. The maximum absolute atomic E-state index is 12.3. The minimum Gasteiger partial charge on any atom is -0.497 e. The van der Waals surface area contributed by atoms with Gasteiger partial charge in [0.05, 0.1) is 7.11 Å². The number of hydrogen-bond acceptors (Lipinski definition) is 3. The van der Waals surface area contributed by atoms with Crippen LogP contribution in [0.5, 0.6) is 5.75 Å². The SMILES string of the molecule is COc1cccc(CNCC[C@@H]2CCC(=O)N2CC2CCCCC2)c1. The molecular weight excluding hydrogens is 312 g/mol. The predicted octanol–water partition coefficient (Wildman–Crippen LogP) is 3.75. The lowest BCUT2D eigenvalue weighted by molar-refractivity contribution is -0.129. The molecule has 1 N–H and O–H groups in total. The van der Waals surface area contributed by atoms with Gasteiger partial charge in [0.25, 0.3) is 0 Å². The first-order valence-corrected chi connectivity index (χ1v) is 9.89. The molecule has 1 aliphatic carbocycles. The van der Waals surface area contributed by atoms with Crippen molar-refractivity contribution in [3.05, 3.63) is 29.8 Å². The van der Waals surface area contributed by atoms with Crippen molar-refractivity contribution < 1.29 is 9.53 Å². The lowest BCUT2D eigenvalue weighted by Gasteiger charge is -2.31. The quantitative estimate of drug-likeness (QED) is 0.730. The number of benzene rings is 1. The second-order valence-electron chi connectivity index (χ2n) is 7.56. The number of ether oxygens (including phenoxy) is 1. The van der Waals surface area contributed by atoms with Crippen molar-refractivity contribution >= 4 is 5.91 Å². The van der Waals surface area contributed by atoms with Gasteiger partial charge in [0.1, 0.15) is 5.75 Å². The summed E-state index contributed by atoms with van der Waals surface area (Å²) in [5.41, 5.74) is 1.24. The van der Waals surface area contributed by atoms with E-state index in [-0.39, 0.29) is 0 Å². The van der Waals surface area contributed by atoms with E-state index in [9.17, 15) is 4.79 Å². The molecule has 3 rings (SSSR count). The molecule has 1 atom stereocenters. The summed E-state index contributed by atoms with van der Waals surface area (Å²) in [7, 11) is 1.70.